The van der Waals surface area contributed by atoms with E-state index < -0.39 is 26.2 Å². The number of nitrogens with zero attached hydrogens (tertiary/aromatic N) is 2. The van der Waals surface area contributed by atoms with Crippen LogP contribution in [0, 0.1) is 0 Å². The largest absolute Gasteiger partial charge is 0.491 e. The molecule has 3 fully saturated rings. The monoisotopic (exact) mass is 686 g/mol. The Morgan fingerprint density at radius 2 is 1.66 bits per heavy atom. The van der Waals surface area contributed by atoms with Gasteiger partial charge in [0.15, 0.2) is 0 Å². The topological polar surface area (TPSA) is 138 Å². The second-order valence-corrected chi connectivity index (χ2v) is 16.6. The molecule has 256 valence electrons. The molecule has 3 saturated heterocycles. The fourth-order valence-corrected chi connectivity index (χ4v) is 9.69. The standard InChI is InChI=1S/C34H46N4O7S2/c1-2-37-16-12-28(13-17-37)36-46(40,41)32-9-5-8-31(21-32)44-25-30(39)23-35-29-22-34(45-24-29)14-18-38(19-15-34)47(42,43)33-11-10-26-6-3-4-7-27(26)20-33/h3-11,20-21,28-30,35-36,39H,2,12-19,22-25H2,1H3. The van der Waals surface area contributed by atoms with Gasteiger partial charge in [0.25, 0.3) is 0 Å². The van der Waals surface area contributed by atoms with E-state index in [2.05, 4.69) is 21.9 Å². The maximum Gasteiger partial charge on any atom is 0.243 e. The third-order valence-electron chi connectivity index (χ3n) is 9.76. The molecule has 0 saturated carbocycles. The number of aliphatic hydroxyl groups is 1. The van der Waals surface area contributed by atoms with Gasteiger partial charge in [0.1, 0.15) is 18.5 Å². The van der Waals surface area contributed by atoms with Gasteiger partial charge in [-0.2, -0.15) is 4.31 Å². The van der Waals surface area contributed by atoms with Crippen LogP contribution in [0.15, 0.2) is 76.5 Å². The Labute approximate surface area is 278 Å². The number of likely N-dealkylation sites (tertiary alicyclic amines) is 1. The summed E-state index contributed by atoms with van der Waals surface area (Å²) in [4.78, 5) is 2.76. The molecule has 0 bridgehead atoms. The van der Waals surface area contributed by atoms with Crippen molar-refractivity contribution in [1.29, 1.82) is 0 Å². The molecule has 11 nitrogen and oxygen atoms in total. The van der Waals surface area contributed by atoms with E-state index in [1.807, 2.05) is 30.3 Å². The van der Waals surface area contributed by atoms with Gasteiger partial charge < -0.3 is 24.8 Å². The maximum atomic E-state index is 13.4. The van der Waals surface area contributed by atoms with Crippen molar-refractivity contribution in [3.8, 4) is 5.75 Å². The molecule has 0 amide bonds. The van der Waals surface area contributed by atoms with E-state index in [4.69, 9.17) is 9.47 Å². The first-order chi connectivity index (χ1) is 22.5. The van der Waals surface area contributed by atoms with Gasteiger partial charge >= 0.3 is 0 Å². The summed E-state index contributed by atoms with van der Waals surface area (Å²) in [5, 5.41) is 15.9. The van der Waals surface area contributed by atoms with Crippen LogP contribution >= 0.6 is 0 Å². The average molecular weight is 687 g/mol. The van der Waals surface area contributed by atoms with Gasteiger partial charge in [-0.15, -0.1) is 0 Å². The smallest absolute Gasteiger partial charge is 0.243 e. The molecule has 13 heteroatoms. The Balaban J connectivity index is 0.941. The molecule has 0 radical (unpaired) electrons. The van der Waals surface area contributed by atoms with Crippen LogP contribution in [-0.2, 0) is 24.8 Å². The lowest BCUT2D eigenvalue weighted by atomic mass is 9.88. The zero-order valence-electron chi connectivity index (χ0n) is 26.9. The van der Waals surface area contributed by atoms with Crippen LogP contribution in [0.1, 0.15) is 39.0 Å². The highest BCUT2D eigenvalue weighted by molar-refractivity contribution is 7.89. The number of ether oxygens (including phenoxy) is 2. The van der Waals surface area contributed by atoms with Crippen molar-refractivity contribution in [3.05, 3.63) is 66.7 Å². The van der Waals surface area contributed by atoms with E-state index in [0.717, 1.165) is 49.7 Å². The molecular weight excluding hydrogens is 641 g/mol. The normalized spacial score (nSPS) is 22.1. The molecule has 3 aromatic carbocycles. The molecule has 6 rings (SSSR count). The Morgan fingerprint density at radius 1 is 0.915 bits per heavy atom. The molecule has 3 aliphatic rings. The first-order valence-corrected chi connectivity index (χ1v) is 19.5. The van der Waals surface area contributed by atoms with Crippen molar-refractivity contribution < 1.29 is 31.4 Å². The van der Waals surface area contributed by atoms with Crippen LogP contribution in [0.5, 0.6) is 5.75 Å². The highest BCUT2D eigenvalue weighted by atomic mass is 32.2. The summed E-state index contributed by atoms with van der Waals surface area (Å²) < 4.78 is 69.2. The number of hydrogen-bond donors (Lipinski definition) is 3. The quantitative estimate of drug-likeness (QED) is 0.263. The van der Waals surface area contributed by atoms with Crippen LogP contribution in [-0.4, -0.2) is 107 Å². The number of piperidine rings is 2. The van der Waals surface area contributed by atoms with Gasteiger partial charge in [0.2, 0.25) is 20.0 Å². The number of nitrogens with one attached hydrogen (secondary N) is 2. The third kappa shape index (κ3) is 8.16. The average Bonchev–Trinajstić information content (AvgIpc) is 3.48. The van der Waals surface area contributed by atoms with Gasteiger partial charge in [0.05, 0.1) is 22.0 Å². The minimum absolute atomic E-state index is 0.000279. The van der Waals surface area contributed by atoms with Crippen molar-refractivity contribution in [2.45, 2.75) is 72.6 Å². The molecule has 1 spiro atoms. The van der Waals surface area contributed by atoms with Crippen molar-refractivity contribution in [3.63, 3.8) is 0 Å². The minimum atomic E-state index is -3.69. The Hall–Kier alpha value is -2.62. The van der Waals surface area contributed by atoms with Gasteiger partial charge in [-0.25, -0.2) is 21.6 Å². The zero-order valence-corrected chi connectivity index (χ0v) is 28.5. The molecule has 2 atom stereocenters. The highest BCUT2D eigenvalue weighted by Crippen LogP contribution is 2.37. The molecule has 0 aromatic heterocycles. The number of sulfonamides is 2. The summed E-state index contributed by atoms with van der Waals surface area (Å²) in [6, 6.07) is 19.3. The summed E-state index contributed by atoms with van der Waals surface area (Å²) in [6.45, 7) is 6.37. The number of hydrogen-bond acceptors (Lipinski definition) is 9. The van der Waals surface area contributed by atoms with Crippen LogP contribution < -0.4 is 14.8 Å². The van der Waals surface area contributed by atoms with Crippen LogP contribution in [0.2, 0.25) is 0 Å². The van der Waals surface area contributed by atoms with Gasteiger partial charge in [-0.05, 0) is 86.8 Å². The molecule has 47 heavy (non-hydrogen) atoms. The van der Waals surface area contributed by atoms with Crippen LogP contribution in [0.3, 0.4) is 0 Å². The van der Waals surface area contributed by atoms with Crippen molar-refractivity contribution >= 4 is 30.8 Å². The van der Waals surface area contributed by atoms with E-state index in [-0.39, 0.29) is 35.7 Å². The number of aliphatic hydroxyl groups excluding tert-OH is 1. The Morgan fingerprint density at radius 3 is 2.40 bits per heavy atom. The van der Waals surface area contributed by atoms with Gasteiger partial charge in [-0.1, -0.05) is 43.3 Å². The molecule has 3 N–H and O–H groups in total. The molecule has 0 aliphatic carbocycles. The molecule has 3 heterocycles. The van der Waals surface area contributed by atoms with E-state index >= 15 is 0 Å². The second kappa shape index (κ2) is 14.5. The first kappa shape index (κ1) is 34.3. The zero-order chi connectivity index (χ0) is 33.1. The summed E-state index contributed by atoms with van der Waals surface area (Å²) in [6.07, 6.45) is 2.69. The second-order valence-electron chi connectivity index (χ2n) is 13.0. The summed E-state index contributed by atoms with van der Waals surface area (Å²) in [5.41, 5.74) is -0.387. The maximum absolute atomic E-state index is 13.4. The Bertz CT molecular complexity index is 1740. The predicted octanol–water partition coefficient (Wildman–Crippen LogP) is 2.94. The first-order valence-electron chi connectivity index (χ1n) is 16.6. The number of fused-ring (bicyclic) bond motifs is 1. The third-order valence-corrected chi connectivity index (χ3v) is 13.2. The van der Waals surface area contributed by atoms with Gasteiger partial charge in [0, 0.05) is 37.8 Å². The van der Waals surface area contributed by atoms with Crippen molar-refractivity contribution in [2.75, 3.05) is 52.5 Å². The molecular formula is C34H46N4O7S2. The lowest BCUT2D eigenvalue weighted by Gasteiger charge is -2.38. The summed E-state index contributed by atoms with van der Waals surface area (Å²) >= 11 is 0. The van der Waals surface area contributed by atoms with E-state index in [1.165, 1.54) is 6.07 Å². The fraction of sp³-hybridized carbons (Fsp3) is 0.529. The lowest BCUT2D eigenvalue weighted by Crippen LogP contribution is -2.47. The predicted molar refractivity (Wildman–Crippen MR) is 180 cm³/mol. The van der Waals surface area contributed by atoms with Crippen LogP contribution in [0.25, 0.3) is 10.8 Å². The molecule has 3 aliphatic heterocycles. The van der Waals surface area contributed by atoms with E-state index in [0.29, 0.717) is 43.2 Å². The van der Waals surface area contributed by atoms with Crippen molar-refractivity contribution in [2.24, 2.45) is 0 Å². The fourth-order valence-electron chi connectivity index (χ4n) is 6.87. The summed E-state index contributed by atoms with van der Waals surface area (Å²) in [7, 11) is -7.30. The lowest BCUT2D eigenvalue weighted by molar-refractivity contribution is -0.0312. The van der Waals surface area contributed by atoms with E-state index in [1.54, 1.807) is 34.6 Å². The number of rotatable bonds is 12. The van der Waals surface area contributed by atoms with Crippen LogP contribution in [0.4, 0.5) is 0 Å². The van der Waals surface area contributed by atoms with E-state index in [9.17, 15) is 21.9 Å². The number of benzene rings is 3. The highest BCUT2D eigenvalue weighted by Gasteiger charge is 2.44. The molecule has 3 aromatic rings. The van der Waals surface area contributed by atoms with Gasteiger partial charge in [-0.3, -0.25) is 0 Å². The molecule has 2 unspecified atom stereocenters. The van der Waals surface area contributed by atoms with Crippen molar-refractivity contribution in [1.82, 2.24) is 19.2 Å². The minimum Gasteiger partial charge on any atom is -0.491 e. The summed E-state index contributed by atoms with van der Waals surface area (Å²) in [5.74, 6) is 0.376. The SMILES string of the molecule is CCN1CCC(NS(=O)(=O)c2cccc(OCC(O)CNC3COC4(CCN(S(=O)(=O)c5ccc6ccccc6c5)CC4)C3)c2)CC1. The Kier molecular flexibility index (Phi) is 10.5.